The van der Waals surface area contributed by atoms with E-state index >= 15 is 0 Å². The van der Waals surface area contributed by atoms with Crippen LogP contribution in [0.15, 0.2) is 48.1 Å². The fourth-order valence-electron chi connectivity index (χ4n) is 3.82. The zero-order valence-electron chi connectivity index (χ0n) is 16.8. The minimum atomic E-state index is -0.812. The Morgan fingerprint density at radius 2 is 2.07 bits per heavy atom. The van der Waals surface area contributed by atoms with Crippen molar-refractivity contribution in [3.63, 3.8) is 0 Å². The number of hydrogen-bond donors (Lipinski definition) is 0. The van der Waals surface area contributed by atoms with E-state index in [1.165, 1.54) is 7.11 Å². The van der Waals surface area contributed by atoms with Gasteiger partial charge in [-0.25, -0.2) is 4.79 Å². The minimum absolute atomic E-state index is 0.119. The molecule has 0 bridgehead atoms. The Kier molecular flexibility index (Phi) is 6.27. The highest BCUT2D eigenvalue weighted by Gasteiger charge is 2.48. The molecule has 1 aliphatic carbocycles. The summed E-state index contributed by atoms with van der Waals surface area (Å²) in [6.07, 6.45) is 8.39. The number of hydrogen-bond acceptors (Lipinski definition) is 4. The van der Waals surface area contributed by atoms with Crippen LogP contribution in [0.5, 0.6) is 0 Å². The molecule has 0 unspecified atom stereocenters. The van der Waals surface area contributed by atoms with E-state index in [-0.39, 0.29) is 24.5 Å². The normalized spacial score (nSPS) is 22.5. The summed E-state index contributed by atoms with van der Waals surface area (Å²) in [5.74, 6) is -0.297. The topological polar surface area (TPSA) is 55.8 Å². The molecule has 1 aromatic rings. The molecule has 2 atom stereocenters. The lowest BCUT2D eigenvalue weighted by molar-refractivity contribution is -0.141. The first-order valence-corrected chi connectivity index (χ1v) is 9.82. The Balaban J connectivity index is 1.84. The smallest absolute Gasteiger partial charge is 0.411 e. The van der Waals surface area contributed by atoms with Gasteiger partial charge >= 0.3 is 12.1 Å². The molecule has 0 N–H and O–H groups in total. The van der Waals surface area contributed by atoms with Gasteiger partial charge in [-0.2, -0.15) is 0 Å². The Bertz CT molecular complexity index is 786. The number of ether oxygens (including phenoxy) is 2. The van der Waals surface area contributed by atoms with Crippen LogP contribution >= 0.6 is 0 Å². The number of rotatable bonds is 7. The molecule has 1 aliphatic heterocycles. The molecule has 5 nitrogen and oxygen atoms in total. The summed E-state index contributed by atoms with van der Waals surface area (Å²) >= 11 is 0. The van der Waals surface area contributed by atoms with E-state index in [0.29, 0.717) is 13.0 Å². The van der Waals surface area contributed by atoms with Gasteiger partial charge in [0.05, 0.1) is 19.7 Å². The first kappa shape index (κ1) is 20.2. The molecule has 1 radical (unpaired) electrons. The molecule has 1 heterocycles. The molecule has 0 aromatic heterocycles. The van der Waals surface area contributed by atoms with Crippen molar-refractivity contribution in [3.05, 3.63) is 53.6 Å². The van der Waals surface area contributed by atoms with Gasteiger partial charge in [-0.15, -0.1) is 0 Å². The van der Waals surface area contributed by atoms with E-state index in [1.54, 1.807) is 4.90 Å². The fraction of sp³-hybridized carbons (Fsp3) is 0.455. The Labute approximate surface area is 167 Å². The van der Waals surface area contributed by atoms with Crippen molar-refractivity contribution in [2.24, 2.45) is 0 Å². The summed E-state index contributed by atoms with van der Waals surface area (Å²) in [7, 11) is 3.42. The van der Waals surface area contributed by atoms with Crippen LogP contribution in [0.25, 0.3) is 0 Å². The quantitative estimate of drug-likeness (QED) is 0.536. The second-order valence-corrected chi connectivity index (χ2v) is 7.34. The molecule has 147 valence electrons. The number of cyclic esters (lactones) is 1. The molecule has 28 heavy (non-hydrogen) atoms. The van der Waals surface area contributed by atoms with Crippen LogP contribution in [-0.4, -0.2) is 43.5 Å². The van der Waals surface area contributed by atoms with Crippen molar-refractivity contribution in [2.45, 2.75) is 51.1 Å². The summed E-state index contributed by atoms with van der Waals surface area (Å²) < 4.78 is 10.7. The molecular weight excluding hydrogens is 353 g/mol. The number of amides is 1. The number of carbonyl (C=O) groups excluding carboxylic acids is 2. The predicted octanol–water partition coefficient (Wildman–Crippen LogP) is 3.55. The maximum absolute atomic E-state index is 12.8. The van der Waals surface area contributed by atoms with Crippen LogP contribution in [0.1, 0.15) is 44.2 Å². The Morgan fingerprint density at radius 3 is 2.68 bits per heavy atom. The molecule has 0 saturated carbocycles. The van der Waals surface area contributed by atoms with Gasteiger partial charge in [0.15, 0.2) is 5.60 Å². The Hall–Kier alpha value is -2.50. The second-order valence-electron chi connectivity index (χ2n) is 7.34. The van der Waals surface area contributed by atoms with Gasteiger partial charge in [-0.1, -0.05) is 54.8 Å². The van der Waals surface area contributed by atoms with Crippen LogP contribution in [0.2, 0.25) is 6.82 Å². The first-order valence-electron chi connectivity index (χ1n) is 9.82. The van der Waals surface area contributed by atoms with Crippen LogP contribution in [0.4, 0.5) is 4.79 Å². The van der Waals surface area contributed by atoms with Crippen molar-refractivity contribution in [2.75, 3.05) is 13.7 Å². The summed E-state index contributed by atoms with van der Waals surface area (Å²) in [5.41, 5.74) is 2.36. The third-order valence-electron chi connectivity index (χ3n) is 5.64. The predicted molar refractivity (Wildman–Crippen MR) is 110 cm³/mol. The zero-order valence-corrected chi connectivity index (χ0v) is 16.8. The van der Waals surface area contributed by atoms with Crippen molar-refractivity contribution in [3.8, 4) is 0 Å². The maximum atomic E-state index is 12.8. The number of esters is 1. The third kappa shape index (κ3) is 4.16. The molecule has 1 amide bonds. The standard InChI is InChI=1S/C22H27BNO4/c1-16(17-9-11-19(23-2)12-10-17)24-15-22(28-21(24)26,14-13-20(25)27-3)18-7-5-4-6-8-18/h5,7-12,16H,4,6,13-15H2,1-3H3/t16-,22-/m0/s1. The SMILES string of the molecule is C[B]c1ccc([C@H](C)N2C[C@@](CCC(=O)OC)(C3=CCCC=C3)OC2=O)cc1. The summed E-state index contributed by atoms with van der Waals surface area (Å²) in [6.45, 7) is 4.42. The molecule has 1 fully saturated rings. The van der Waals surface area contributed by atoms with Crippen LogP contribution < -0.4 is 5.46 Å². The largest absolute Gasteiger partial charge is 0.469 e. The van der Waals surface area contributed by atoms with Gasteiger partial charge < -0.3 is 9.47 Å². The van der Waals surface area contributed by atoms with Crippen molar-refractivity contribution in [1.29, 1.82) is 0 Å². The average molecular weight is 380 g/mol. The maximum Gasteiger partial charge on any atom is 0.411 e. The molecule has 3 rings (SSSR count). The molecule has 2 aliphatic rings. The van der Waals surface area contributed by atoms with E-state index in [0.717, 1.165) is 29.4 Å². The molecule has 0 spiro atoms. The number of methoxy groups -OCH3 is 1. The number of allylic oxidation sites excluding steroid dienone is 2. The lowest BCUT2D eigenvalue weighted by Gasteiger charge is -2.30. The lowest BCUT2D eigenvalue weighted by atomic mass is 9.73. The van der Waals surface area contributed by atoms with Gasteiger partial charge in [0.1, 0.15) is 7.28 Å². The van der Waals surface area contributed by atoms with Gasteiger partial charge in [0.2, 0.25) is 0 Å². The number of benzene rings is 1. The van der Waals surface area contributed by atoms with E-state index in [9.17, 15) is 9.59 Å². The van der Waals surface area contributed by atoms with E-state index in [4.69, 9.17) is 9.47 Å². The van der Waals surface area contributed by atoms with Gasteiger partial charge in [0, 0.05) is 12.8 Å². The van der Waals surface area contributed by atoms with Crippen molar-refractivity contribution >= 4 is 24.8 Å². The average Bonchev–Trinajstić information content (AvgIpc) is 3.09. The van der Waals surface area contributed by atoms with Crippen LogP contribution in [-0.2, 0) is 14.3 Å². The third-order valence-corrected chi connectivity index (χ3v) is 5.64. The van der Waals surface area contributed by atoms with Gasteiger partial charge in [-0.3, -0.25) is 9.69 Å². The summed E-state index contributed by atoms with van der Waals surface area (Å²) in [4.78, 5) is 26.3. The van der Waals surface area contributed by atoms with E-state index in [1.807, 2.05) is 51.4 Å². The van der Waals surface area contributed by atoms with E-state index < -0.39 is 5.60 Å². The van der Waals surface area contributed by atoms with Gasteiger partial charge in [-0.05, 0) is 30.9 Å². The minimum Gasteiger partial charge on any atom is -0.469 e. The molecule has 1 aromatic carbocycles. The van der Waals surface area contributed by atoms with Gasteiger partial charge in [0.25, 0.3) is 0 Å². The summed E-state index contributed by atoms with van der Waals surface area (Å²) in [6, 6.07) is 8.06. The van der Waals surface area contributed by atoms with Crippen molar-refractivity contribution < 1.29 is 19.1 Å². The molecule has 1 saturated heterocycles. The van der Waals surface area contributed by atoms with Crippen molar-refractivity contribution in [1.82, 2.24) is 4.90 Å². The van der Waals surface area contributed by atoms with Crippen LogP contribution in [0.3, 0.4) is 0 Å². The fourth-order valence-corrected chi connectivity index (χ4v) is 3.82. The lowest BCUT2D eigenvalue weighted by Crippen LogP contribution is -2.38. The monoisotopic (exact) mass is 380 g/mol. The summed E-state index contributed by atoms with van der Waals surface area (Å²) in [5, 5.41) is 0. The zero-order chi connectivity index (χ0) is 20.1. The molecule has 6 heteroatoms. The van der Waals surface area contributed by atoms with E-state index in [2.05, 4.69) is 12.2 Å². The molecular formula is C22H27BNO4. The van der Waals surface area contributed by atoms with Crippen LogP contribution in [0, 0.1) is 0 Å². The first-order chi connectivity index (χ1) is 13.5. The highest BCUT2D eigenvalue weighted by atomic mass is 16.6. The Morgan fingerprint density at radius 1 is 1.32 bits per heavy atom. The second kappa shape index (κ2) is 8.67. The number of nitrogens with zero attached hydrogens (tertiary/aromatic N) is 1. The highest BCUT2D eigenvalue weighted by molar-refractivity contribution is 6.51. The number of carbonyl (C=O) groups is 2. The highest BCUT2D eigenvalue weighted by Crippen LogP contribution is 2.40.